The van der Waals surface area contributed by atoms with Crippen LogP contribution in [-0.4, -0.2) is 31.0 Å². The SMILES string of the molecule is FC1(C2CCOC3(CCCC3)C2)CCNC1. The van der Waals surface area contributed by atoms with Gasteiger partial charge in [-0.1, -0.05) is 12.8 Å². The first kappa shape index (κ1) is 11.0. The molecule has 1 saturated carbocycles. The van der Waals surface area contributed by atoms with E-state index in [4.69, 9.17) is 4.74 Å². The molecule has 3 fully saturated rings. The maximum absolute atomic E-state index is 14.7. The second-order valence-electron chi connectivity index (χ2n) is 5.89. The highest BCUT2D eigenvalue weighted by atomic mass is 19.1. The fourth-order valence-electron chi connectivity index (χ4n) is 3.87. The maximum Gasteiger partial charge on any atom is 0.127 e. The first-order chi connectivity index (χ1) is 7.73. The van der Waals surface area contributed by atoms with Gasteiger partial charge >= 0.3 is 0 Å². The Kier molecular flexibility index (Phi) is 2.71. The molecule has 2 heterocycles. The molecule has 2 unspecified atom stereocenters. The molecule has 0 radical (unpaired) electrons. The van der Waals surface area contributed by atoms with Gasteiger partial charge in [-0.25, -0.2) is 4.39 Å². The molecule has 2 saturated heterocycles. The number of nitrogens with one attached hydrogen (secondary N) is 1. The summed E-state index contributed by atoms with van der Waals surface area (Å²) in [5.41, 5.74) is -0.885. The molecule has 0 aromatic carbocycles. The van der Waals surface area contributed by atoms with Crippen LogP contribution < -0.4 is 5.32 Å². The van der Waals surface area contributed by atoms with Crippen molar-refractivity contribution in [1.82, 2.24) is 5.32 Å². The summed E-state index contributed by atoms with van der Waals surface area (Å²) in [6.45, 7) is 2.19. The van der Waals surface area contributed by atoms with Crippen molar-refractivity contribution in [3.8, 4) is 0 Å². The average molecular weight is 227 g/mol. The maximum atomic E-state index is 14.7. The molecule has 3 rings (SSSR count). The van der Waals surface area contributed by atoms with E-state index in [1.807, 2.05) is 0 Å². The van der Waals surface area contributed by atoms with Crippen molar-refractivity contribution in [2.45, 2.75) is 56.2 Å². The first-order valence-corrected chi connectivity index (χ1v) is 6.76. The number of halogens is 1. The summed E-state index contributed by atoms with van der Waals surface area (Å²) in [7, 11) is 0. The van der Waals surface area contributed by atoms with E-state index in [0.717, 1.165) is 38.8 Å². The molecule has 3 aliphatic rings. The smallest absolute Gasteiger partial charge is 0.127 e. The second-order valence-corrected chi connectivity index (χ2v) is 5.89. The van der Waals surface area contributed by atoms with E-state index in [0.29, 0.717) is 13.0 Å². The highest BCUT2D eigenvalue weighted by Gasteiger charge is 2.49. The van der Waals surface area contributed by atoms with Crippen molar-refractivity contribution in [1.29, 1.82) is 0 Å². The Morgan fingerprint density at radius 1 is 1.19 bits per heavy atom. The number of hydrogen-bond acceptors (Lipinski definition) is 2. The highest BCUT2D eigenvalue weighted by Crippen LogP contribution is 2.47. The van der Waals surface area contributed by atoms with Gasteiger partial charge in [-0.2, -0.15) is 0 Å². The lowest BCUT2D eigenvalue weighted by molar-refractivity contribution is -0.118. The minimum Gasteiger partial charge on any atom is -0.375 e. The Morgan fingerprint density at radius 2 is 2.00 bits per heavy atom. The van der Waals surface area contributed by atoms with Gasteiger partial charge < -0.3 is 10.1 Å². The van der Waals surface area contributed by atoms with Crippen LogP contribution in [0.5, 0.6) is 0 Å². The largest absolute Gasteiger partial charge is 0.375 e. The molecule has 16 heavy (non-hydrogen) atoms. The summed E-state index contributed by atoms with van der Waals surface area (Å²) in [4.78, 5) is 0. The molecular formula is C13H22FNO. The first-order valence-electron chi connectivity index (χ1n) is 6.76. The number of alkyl halides is 1. The zero-order valence-corrected chi connectivity index (χ0v) is 9.93. The van der Waals surface area contributed by atoms with Gasteiger partial charge in [0.2, 0.25) is 0 Å². The second kappa shape index (κ2) is 3.95. The van der Waals surface area contributed by atoms with E-state index < -0.39 is 5.67 Å². The molecule has 0 bridgehead atoms. The Hall–Kier alpha value is -0.150. The van der Waals surface area contributed by atoms with Crippen LogP contribution in [0, 0.1) is 5.92 Å². The van der Waals surface area contributed by atoms with Crippen LogP contribution in [0.4, 0.5) is 4.39 Å². The number of rotatable bonds is 1. The van der Waals surface area contributed by atoms with Crippen LogP contribution in [-0.2, 0) is 4.74 Å². The predicted molar refractivity (Wildman–Crippen MR) is 61.2 cm³/mol. The third kappa shape index (κ3) is 1.78. The highest BCUT2D eigenvalue weighted by molar-refractivity contribution is 5.01. The van der Waals surface area contributed by atoms with Crippen LogP contribution in [0.2, 0.25) is 0 Å². The topological polar surface area (TPSA) is 21.3 Å². The molecule has 2 aliphatic heterocycles. The van der Waals surface area contributed by atoms with Crippen molar-refractivity contribution in [3.63, 3.8) is 0 Å². The van der Waals surface area contributed by atoms with Crippen molar-refractivity contribution in [2.24, 2.45) is 5.92 Å². The Morgan fingerprint density at radius 3 is 2.69 bits per heavy atom. The van der Waals surface area contributed by atoms with Crippen LogP contribution in [0.15, 0.2) is 0 Å². The molecule has 2 atom stereocenters. The lowest BCUT2D eigenvalue weighted by atomic mass is 9.75. The normalized spacial score (nSPS) is 42.9. The average Bonchev–Trinajstić information content (AvgIpc) is 2.90. The lowest BCUT2D eigenvalue weighted by Crippen LogP contribution is -2.46. The summed E-state index contributed by atoms with van der Waals surface area (Å²) in [5, 5.41) is 3.17. The van der Waals surface area contributed by atoms with E-state index in [1.54, 1.807) is 0 Å². The molecule has 1 spiro atoms. The summed E-state index contributed by atoms with van der Waals surface area (Å²) in [6, 6.07) is 0. The quantitative estimate of drug-likeness (QED) is 0.743. The minimum atomic E-state index is -0.945. The Labute approximate surface area is 96.9 Å². The number of hydrogen-bond donors (Lipinski definition) is 1. The molecule has 0 aromatic rings. The van der Waals surface area contributed by atoms with Gasteiger partial charge in [0.05, 0.1) is 5.60 Å². The van der Waals surface area contributed by atoms with Crippen molar-refractivity contribution in [3.05, 3.63) is 0 Å². The molecule has 0 aromatic heterocycles. The standard InChI is InChI=1S/C13H22FNO/c14-13(6-7-15-10-13)11-3-8-16-12(9-11)4-1-2-5-12/h11,15H,1-10H2. The molecule has 92 valence electrons. The van der Waals surface area contributed by atoms with Crippen molar-refractivity contribution in [2.75, 3.05) is 19.7 Å². The summed E-state index contributed by atoms with van der Waals surface area (Å²) >= 11 is 0. The van der Waals surface area contributed by atoms with Gasteiger partial charge in [0.1, 0.15) is 5.67 Å². The monoisotopic (exact) mass is 227 g/mol. The van der Waals surface area contributed by atoms with Crippen molar-refractivity contribution < 1.29 is 9.13 Å². The van der Waals surface area contributed by atoms with Crippen LogP contribution >= 0.6 is 0 Å². The van der Waals surface area contributed by atoms with E-state index in [2.05, 4.69) is 5.32 Å². The van der Waals surface area contributed by atoms with Crippen LogP contribution in [0.3, 0.4) is 0 Å². The fourth-order valence-corrected chi connectivity index (χ4v) is 3.87. The van der Waals surface area contributed by atoms with E-state index >= 15 is 0 Å². The Bertz CT molecular complexity index is 247. The van der Waals surface area contributed by atoms with Gasteiger partial charge in [0.25, 0.3) is 0 Å². The minimum absolute atomic E-state index is 0.0601. The lowest BCUT2D eigenvalue weighted by Gasteiger charge is -2.42. The summed E-state index contributed by atoms with van der Waals surface area (Å²) < 4.78 is 20.7. The molecular weight excluding hydrogens is 205 g/mol. The van der Waals surface area contributed by atoms with E-state index in [9.17, 15) is 4.39 Å². The third-order valence-corrected chi connectivity index (χ3v) is 4.88. The molecule has 1 N–H and O–H groups in total. The van der Waals surface area contributed by atoms with Gasteiger partial charge in [-0.15, -0.1) is 0 Å². The zero-order valence-electron chi connectivity index (χ0n) is 9.93. The molecule has 1 aliphatic carbocycles. The summed E-state index contributed by atoms with van der Waals surface area (Å²) in [6.07, 6.45) is 7.44. The van der Waals surface area contributed by atoms with Crippen LogP contribution in [0.25, 0.3) is 0 Å². The van der Waals surface area contributed by atoms with Gasteiger partial charge in [-0.05, 0) is 44.6 Å². The van der Waals surface area contributed by atoms with Crippen LogP contribution in [0.1, 0.15) is 44.9 Å². The molecule has 3 heteroatoms. The van der Waals surface area contributed by atoms with Crippen molar-refractivity contribution >= 4 is 0 Å². The van der Waals surface area contributed by atoms with E-state index in [1.165, 1.54) is 12.8 Å². The Balaban J connectivity index is 1.72. The fraction of sp³-hybridized carbons (Fsp3) is 1.00. The van der Waals surface area contributed by atoms with Gasteiger partial charge in [-0.3, -0.25) is 0 Å². The molecule has 2 nitrogen and oxygen atoms in total. The van der Waals surface area contributed by atoms with Gasteiger partial charge in [0.15, 0.2) is 0 Å². The third-order valence-electron chi connectivity index (χ3n) is 4.88. The van der Waals surface area contributed by atoms with E-state index in [-0.39, 0.29) is 11.5 Å². The van der Waals surface area contributed by atoms with Gasteiger partial charge in [0, 0.05) is 13.2 Å². The summed E-state index contributed by atoms with van der Waals surface area (Å²) in [5.74, 6) is 0.231. The molecule has 0 amide bonds. The number of ether oxygens (including phenoxy) is 1. The predicted octanol–water partition coefficient (Wildman–Crippen LogP) is 2.43. The zero-order chi connectivity index (χ0) is 11.1.